The molecule has 1 unspecified atom stereocenters. The summed E-state index contributed by atoms with van der Waals surface area (Å²) >= 11 is 0. The first-order chi connectivity index (χ1) is 10.1. The Morgan fingerprint density at radius 3 is 2.81 bits per heavy atom. The van der Waals surface area contributed by atoms with Crippen LogP contribution in [0.5, 0.6) is 5.88 Å². The Balaban J connectivity index is 2.13. The summed E-state index contributed by atoms with van der Waals surface area (Å²) < 4.78 is 5.57. The van der Waals surface area contributed by atoms with Crippen LogP contribution in [-0.4, -0.2) is 16.6 Å². The van der Waals surface area contributed by atoms with E-state index < -0.39 is 0 Å². The van der Waals surface area contributed by atoms with Crippen LogP contribution in [0.2, 0.25) is 0 Å². The minimum Gasteiger partial charge on any atom is -0.478 e. The van der Waals surface area contributed by atoms with Gasteiger partial charge in [0.25, 0.3) is 0 Å². The largest absolute Gasteiger partial charge is 0.478 e. The van der Waals surface area contributed by atoms with Crippen LogP contribution in [0, 0.1) is 6.92 Å². The Kier molecular flexibility index (Phi) is 4.98. The number of nitrogens with two attached hydrogens (primary N) is 1. The van der Waals surface area contributed by atoms with Crippen LogP contribution in [-0.2, 0) is 0 Å². The Labute approximate surface area is 125 Å². The van der Waals surface area contributed by atoms with Crippen LogP contribution >= 0.6 is 0 Å². The molecule has 2 rings (SSSR count). The van der Waals surface area contributed by atoms with Gasteiger partial charge in [0.2, 0.25) is 11.8 Å². The zero-order valence-electron chi connectivity index (χ0n) is 12.8. The SMILES string of the molecule is CCCOc1cc(C)nc(NC(C)c2cccc(N)c2)n1. The highest BCUT2D eigenvalue weighted by atomic mass is 16.5. The molecule has 3 N–H and O–H groups in total. The summed E-state index contributed by atoms with van der Waals surface area (Å²) in [6.07, 6.45) is 0.950. The molecular weight excluding hydrogens is 264 g/mol. The quantitative estimate of drug-likeness (QED) is 0.797. The first kappa shape index (κ1) is 15.1. The molecular formula is C16H22N4O. The van der Waals surface area contributed by atoms with Crippen molar-refractivity contribution in [2.24, 2.45) is 0 Å². The third kappa shape index (κ3) is 4.34. The smallest absolute Gasteiger partial charge is 0.226 e. The number of anilines is 2. The van der Waals surface area contributed by atoms with Crippen LogP contribution < -0.4 is 15.8 Å². The highest BCUT2D eigenvalue weighted by molar-refractivity contribution is 5.43. The lowest BCUT2D eigenvalue weighted by Crippen LogP contribution is -2.11. The summed E-state index contributed by atoms with van der Waals surface area (Å²) in [6.45, 7) is 6.69. The fourth-order valence-electron chi connectivity index (χ4n) is 1.99. The van der Waals surface area contributed by atoms with Crippen molar-refractivity contribution in [1.29, 1.82) is 0 Å². The van der Waals surface area contributed by atoms with Crippen molar-refractivity contribution in [1.82, 2.24) is 9.97 Å². The van der Waals surface area contributed by atoms with Crippen molar-refractivity contribution >= 4 is 11.6 Å². The predicted octanol–water partition coefficient (Wildman–Crippen LogP) is 3.33. The normalized spacial score (nSPS) is 12.0. The molecule has 0 spiro atoms. The van der Waals surface area contributed by atoms with Gasteiger partial charge in [-0.3, -0.25) is 0 Å². The van der Waals surface area contributed by atoms with Gasteiger partial charge >= 0.3 is 0 Å². The Hall–Kier alpha value is -2.30. The van der Waals surface area contributed by atoms with E-state index >= 15 is 0 Å². The number of hydrogen-bond donors (Lipinski definition) is 2. The summed E-state index contributed by atoms with van der Waals surface area (Å²) in [5, 5.41) is 3.29. The minimum absolute atomic E-state index is 0.0642. The lowest BCUT2D eigenvalue weighted by Gasteiger charge is -2.15. The van der Waals surface area contributed by atoms with Crippen molar-refractivity contribution in [2.45, 2.75) is 33.2 Å². The second-order valence-electron chi connectivity index (χ2n) is 5.06. The van der Waals surface area contributed by atoms with Crippen molar-refractivity contribution in [3.05, 3.63) is 41.6 Å². The molecule has 5 heteroatoms. The topological polar surface area (TPSA) is 73.1 Å². The molecule has 0 saturated heterocycles. The van der Waals surface area contributed by atoms with E-state index in [0.29, 0.717) is 18.4 Å². The molecule has 2 aromatic rings. The summed E-state index contributed by atoms with van der Waals surface area (Å²) in [6, 6.07) is 9.69. The maximum atomic E-state index is 5.81. The number of rotatable bonds is 6. The molecule has 0 amide bonds. The number of aromatic nitrogens is 2. The average Bonchev–Trinajstić information content (AvgIpc) is 2.44. The molecule has 0 fully saturated rings. The van der Waals surface area contributed by atoms with Crippen molar-refractivity contribution in [2.75, 3.05) is 17.7 Å². The molecule has 0 radical (unpaired) electrons. The molecule has 0 bridgehead atoms. The Morgan fingerprint density at radius 2 is 2.10 bits per heavy atom. The summed E-state index contributed by atoms with van der Waals surface area (Å²) in [5.74, 6) is 1.17. The maximum absolute atomic E-state index is 5.81. The highest BCUT2D eigenvalue weighted by Crippen LogP contribution is 2.20. The van der Waals surface area contributed by atoms with Gasteiger partial charge < -0.3 is 15.8 Å². The molecule has 0 aliphatic rings. The van der Waals surface area contributed by atoms with Gasteiger partial charge in [-0.1, -0.05) is 19.1 Å². The lowest BCUT2D eigenvalue weighted by atomic mass is 10.1. The van der Waals surface area contributed by atoms with Crippen molar-refractivity contribution in [3.8, 4) is 5.88 Å². The van der Waals surface area contributed by atoms with Crippen LogP contribution in [0.3, 0.4) is 0 Å². The number of hydrogen-bond acceptors (Lipinski definition) is 5. The number of aryl methyl sites for hydroxylation is 1. The van der Waals surface area contributed by atoms with Gasteiger partial charge in [-0.2, -0.15) is 4.98 Å². The maximum Gasteiger partial charge on any atom is 0.226 e. The van der Waals surface area contributed by atoms with Crippen LogP contribution in [0.4, 0.5) is 11.6 Å². The van der Waals surface area contributed by atoms with Gasteiger partial charge in [0.15, 0.2) is 0 Å². The van der Waals surface area contributed by atoms with Gasteiger partial charge in [-0.05, 0) is 38.0 Å². The predicted molar refractivity (Wildman–Crippen MR) is 85.4 cm³/mol. The molecule has 5 nitrogen and oxygen atoms in total. The lowest BCUT2D eigenvalue weighted by molar-refractivity contribution is 0.305. The number of ether oxygens (including phenoxy) is 1. The number of benzene rings is 1. The molecule has 1 aromatic heterocycles. The Bertz CT molecular complexity index is 601. The van der Waals surface area contributed by atoms with E-state index in [1.807, 2.05) is 44.2 Å². The van der Waals surface area contributed by atoms with Gasteiger partial charge in [-0.25, -0.2) is 4.98 Å². The molecule has 0 aliphatic carbocycles. The monoisotopic (exact) mass is 286 g/mol. The molecule has 0 aliphatic heterocycles. The summed E-state index contributed by atoms with van der Waals surface area (Å²) in [7, 11) is 0. The van der Waals surface area contributed by atoms with Gasteiger partial charge in [-0.15, -0.1) is 0 Å². The molecule has 0 saturated carbocycles. The van der Waals surface area contributed by atoms with Crippen LogP contribution in [0.15, 0.2) is 30.3 Å². The second kappa shape index (κ2) is 6.92. The zero-order valence-corrected chi connectivity index (χ0v) is 12.8. The van der Waals surface area contributed by atoms with E-state index in [2.05, 4.69) is 22.2 Å². The van der Waals surface area contributed by atoms with Crippen molar-refractivity contribution < 1.29 is 4.74 Å². The second-order valence-corrected chi connectivity index (χ2v) is 5.06. The number of nitrogens with zero attached hydrogens (tertiary/aromatic N) is 2. The zero-order chi connectivity index (χ0) is 15.2. The van der Waals surface area contributed by atoms with E-state index in [9.17, 15) is 0 Å². The fourth-order valence-corrected chi connectivity index (χ4v) is 1.99. The third-order valence-electron chi connectivity index (χ3n) is 3.04. The average molecular weight is 286 g/mol. The number of nitrogens with one attached hydrogen (secondary N) is 1. The van der Waals surface area contributed by atoms with Crippen LogP contribution in [0.1, 0.15) is 37.6 Å². The molecule has 1 atom stereocenters. The molecule has 1 heterocycles. The van der Waals surface area contributed by atoms with E-state index in [4.69, 9.17) is 10.5 Å². The Morgan fingerprint density at radius 1 is 1.29 bits per heavy atom. The standard InChI is InChI=1S/C16H22N4O/c1-4-8-21-15-9-11(2)18-16(20-15)19-12(3)13-6-5-7-14(17)10-13/h5-7,9-10,12H,4,8,17H2,1-3H3,(H,18,19,20). The third-order valence-corrected chi connectivity index (χ3v) is 3.04. The minimum atomic E-state index is 0.0642. The molecule has 1 aromatic carbocycles. The summed E-state index contributed by atoms with van der Waals surface area (Å²) in [5.41, 5.74) is 8.53. The highest BCUT2D eigenvalue weighted by Gasteiger charge is 2.09. The van der Waals surface area contributed by atoms with E-state index in [0.717, 1.165) is 23.4 Å². The van der Waals surface area contributed by atoms with Gasteiger partial charge in [0.05, 0.1) is 12.6 Å². The van der Waals surface area contributed by atoms with E-state index in [-0.39, 0.29) is 6.04 Å². The van der Waals surface area contributed by atoms with E-state index in [1.165, 1.54) is 0 Å². The first-order valence-corrected chi connectivity index (χ1v) is 7.19. The molecule has 21 heavy (non-hydrogen) atoms. The van der Waals surface area contributed by atoms with E-state index in [1.54, 1.807) is 0 Å². The summed E-state index contributed by atoms with van der Waals surface area (Å²) in [4.78, 5) is 8.78. The fraction of sp³-hybridized carbons (Fsp3) is 0.375. The van der Waals surface area contributed by atoms with Gasteiger partial charge in [0, 0.05) is 17.4 Å². The van der Waals surface area contributed by atoms with Gasteiger partial charge in [0.1, 0.15) is 0 Å². The van der Waals surface area contributed by atoms with Crippen LogP contribution in [0.25, 0.3) is 0 Å². The molecule has 112 valence electrons. The van der Waals surface area contributed by atoms with Crippen molar-refractivity contribution in [3.63, 3.8) is 0 Å². The number of nitrogen functional groups attached to an aromatic ring is 1. The first-order valence-electron chi connectivity index (χ1n) is 7.19.